The van der Waals surface area contributed by atoms with Gasteiger partial charge in [0.05, 0.1) is 6.10 Å². The van der Waals surface area contributed by atoms with Crippen LogP contribution in [0.25, 0.3) is 0 Å². The number of aromatic nitrogens is 6. The molecule has 1 aliphatic rings. The number of aryl methyl sites for hydroxylation is 1. The van der Waals surface area contributed by atoms with Gasteiger partial charge in [-0.2, -0.15) is 0 Å². The summed E-state index contributed by atoms with van der Waals surface area (Å²) in [5.74, 6) is 2.02. The van der Waals surface area contributed by atoms with Crippen LogP contribution in [-0.2, 0) is 7.05 Å². The Kier molecular flexibility index (Phi) is 4.30. The second kappa shape index (κ2) is 6.35. The molecule has 2 aromatic rings. The van der Waals surface area contributed by atoms with E-state index >= 15 is 0 Å². The molecular weight excluding hydrogens is 290 g/mol. The molecule has 0 unspecified atom stereocenters. The maximum atomic E-state index is 9.36. The Hall–Kier alpha value is -1.74. The minimum Gasteiger partial charge on any atom is -0.393 e. The van der Waals surface area contributed by atoms with Gasteiger partial charge in [-0.25, -0.2) is 14.6 Å². The van der Waals surface area contributed by atoms with Crippen LogP contribution >= 0.6 is 11.8 Å². The van der Waals surface area contributed by atoms with E-state index in [0.717, 1.165) is 41.8 Å². The molecule has 9 heteroatoms. The van der Waals surface area contributed by atoms with Crippen LogP contribution in [0.1, 0.15) is 24.5 Å². The third-order valence-corrected chi connectivity index (χ3v) is 4.45. The Labute approximate surface area is 126 Å². The van der Waals surface area contributed by atoms with E-state index < -0.39 is 0 Å². The van der Waals surface area contributed by atoms with Crippen molar-refractivity contribution < 1.29 is 5.11 Å². The van der Waals surface area contributed by atoms with Crippen molar-refractivity contribution >= 4 is 17.6 Å². The summed E-state index contributed by atoms with van der Waals surface area (Å²) in [5, 5.41) is 24.7. The number of aliphatic hydroxyl groups excluding tert-OH is 1. The van der Waals surface area contributed by atoms with Crippen molar-refractivity contribution in [3.05, 3.63) is 18.1 Å². The van der Waals surface area contributed by atoms with E-state index in [2.05, 4.69) is 30.8 Å². The van der Waals surface area contributed by atoms with Crippen molar-refractivity contribution in [1.82, 2.24) is 30.2 Å². The molecule has 0 bridgehead atoms. The first kappa shape index (κ1) is 14.2. The van der Waals surface area contributed by atoms with E-state index in [-0.39, 0.29) is 6.10 Å². The van der Waals surface area contributed by atoms with Crippen LogP contribution in [0.2, 0.25) is 0 Å². The Morgan fingerprint density at radius 2 is 2.29 bits per heavy atom. The van der Waals surface area contributed by atoms with Gasteiger partial charge in [0.2, 0.25) is 5.16 Å². The summed E-state index contributed by atoms with van der Waals surface area (Å²) in [6, 6.07) is 1.96. The van der Waals surface area contributed by atoms with Crippen LogP contribution in [0.15, 0.2) is 17.6 Å². The predicted octanol–water partition coefficient (Wildman–Crippen LogP) is 0.443. The fraction of sp³-hybridized carbons (Fsp3) is 0.583. The van der Waals surface area contributed by atoms with Gasteiger partial charge in [0.1, 0.15) is 12.1 Å². The molecule has 3 rings (SSSR count). The number of tetrazole rings is 1. The molecule has 0 saturated heterocycles. The third kappa shape index (κ3) is 3.48. The number of hydrogen-bond acceptors (Lipinski definition) is 8. The van der Waals surface area contributed by atoms with Crippen LogP contribution in [0.4, 0.5) is 5.82 Å². The molecule has 2 N–H and O–H groups in total. The minimum atomic E-state index is -0.169. The Morgan fingerprint density at radius 3 is 3.00 bits per heavy atom. The molecule has 2 heterocycles. The molecule has 21 heavy (non-hydrogen) atoms. The van der Waals surface area contributed by atoms with Crippen molar-refractivity contribution in [3.8, 4) is 0 Å². The molecule has 0 aliphatic heterocycles. The van der Waals surface area contributed by atoms with E-state index in [1.54, 1.807) is 22.8 Å². The zero-order valence-electron chi connectivity index (χ0n) is 11.7. The number of anilines is 1. The zero-order valence-corrected chi connectivity index (χ0v) is 12.5. The topological polar surface area (TPSA) is 102 Å². The van der Waals surface area contributed by atoms with Crippen LogP contribution < -0.4 is 5.32 Å². The second-order valence-electron chi connectivity index (χ2n) is 5.01. The van der Waals surface area contributed by atoms with E-state index in [1.165, 1.54) is 0 Å². The normalized spacial score (nSPS) is 21.0. The number of rotatable bonds is 6. The average molecular weight is 307 g/mol. The fourth-order valence-corrected chi connectivity index (χ4v) is 2.89. The average Bonchev–Trinajstić information content (AvgIpc) is 2.86. The van der Waals surface area contributed by atoms with Gasteiger partial charge >= 0.3 is 0 Å². The molecule has 8 nitrogen and oxygen atoms in total. The quantitative estimate of drug-likeness (QED) is 0.585. The highest BCUT2D eigenvalue weighted by molar-refractivity contribution is 7.99. The summed E-state index contributed by atoms with van der Waals surface area (Å²) in [4.78, 5) is 8.49. The standard InChI is InChI=1S/C12H17N7OS/c1-19-12(16-17-18-19)21-3-2-13-11-6-10(14-7-15-11)8-4-9(20)5-8/h6-9,20H,2-5H2,1H3,(H,13,14,15). The highest BCUT2D eigenvalue weighted by Gasteiger charge is 2.29. The van der Waals surface area contributed by atoms with E-state index in [4.69, 9.17) is 0 Å². The molecular formula is C12H17N7OS. The summed E-state index contributed by atoms with van der Waals surface area (Å²) >= 11 is 1.59. The summed E-state index contributed by atoms with van der Waals surface area (Å²) in [7, 11) is 1.82. The molecule has 1 fully saturated rings. The van der Waals surface area contributed by atoms with Crippen molar-refractivity contribution in [2.24, 2.45) is 7.05 Å². The minimum absolute atomic E-state index is 0.169. The fourth-order valence-electron chi connectivity index (χ4n) is 2.19. The van der Waals surface area contributed by atoms with Crippen molar-refractivity contribution in [2.75, 3.05) is 17.6 Å². The number of aliphatic hydroxyl groups is 1. The summed E-state index contributed by atoms with van der Waals surface area (Å²) in [6.07, 6.45) is 3.00. The van der Waals surface area contributed by atoms with Crippen molar-refractivity contribution in [2.45, 2.75) is 30.0 Å². The highest BCUT2D eigenvalue weighted by Crippen LogP contribution is 2.35. The van der Waals surface area contributed by atoms with E-state index in [1.807, 2.05) is 13.1 Å². The number of nitrogens with zero attached hydrogens (tertiary/aromatic N) is 6. The summed E-state index contributed by atoms with van der Waals surface area (Å²) in [6.45, 7) is 0.765. The molecule has 112 valence electrons. The Morgan fingerprint density at radius 1 is 1.43 bits per heavy atom. The van der Waals surface area contributed by atoms with Gasteiger partial charge in [-0.3, -0.25) is 0 Å². The number of thioether (sulfide) groups is 1. The number of nitrogens with one attached hydrogen (secondary N) is 1. The van der Waals surface area contributed by atoms with Crippen molar-refractivity contribution in [3.63, 3.8) is 0 Å². The predicted molar refractivity (Wildman–Crippen MR) is 78.0 cm³/mol. The maximum Gasteiger partial charge on any atom is 0.209 e. The molecule has 0 aromatic carbocycles. The lowest BCUT2D eigenvalue weighted by molar-refractivity contribution is 0.0732. The zero-order chi connectivity index (χ0) is 14.7. The van der Waals surface area contributed by atoms with Gasteiger partial charge < -0.3 is 10.4 Å². The molecule has 0 atom stereocenters. The molecule has 1 saturated carbocycles. The van der Waals surface area contributed by atoms with Crippen LogP contribution in [0.3, 0.4) is 0 Å². The first-order chi connectivity index (χ1) is 10.2. The van der Waals surface area contributed by atoms with E-state index in [0.29, 0.717) is 5.92 Å². The van der Waals surface area contributed by atoms with Gasteiger partial charge in [-0.15, -0.1) is 5.10 Å². The van der Waals surface area contributed by atoms with E-state index in [9.17, 15) is 5.11 Å². The summed E-state index contributed by atoms with van der Waals surface area (Å²) < 4.78 is 1.65. The van der Waals surface area contributed by atoms with Gasteiger partial charge in [0.25, 0.3) is 0 Å². The smallest absolute Gasteiger partial charge is 0.209 e. The van der Waals surface area contributed by atoms with Crippen molar-refractivity contribution in [1.29, 1.82) is 0 Å². The highest BCUT2D eigenvalue weighted by atomic mass is 32.2. The van der Waals surface area contributed by atoms with Gasteiger partial charge in [-0.05, 0) is 23.3 Å². The maximum absolute atomic E-state index is 9.36. The summed E-state index contributed by atoms with van der Waals surface area (Å²) in [5.41, 5.74) is 1.00. The lowest BCUT2D eigenvalue weighted by atomic mass is 9.80. The largest absolute Gasteiger partial charge is 0.393 e. The van der Waals surface area contributed by atoms with Gasteiger partial charge in [0, 0.05) is 37.0 Å². The van der Waals surface area contributed by atoms with Crippen LogP contribution in [0, 0.1) is 0 Å². The lowest BCUT2D eigenvalue weighted by Crippen LogP contribution is -2.27. The van der Waals surface area contributed by atoms with Gasteiger partial charge in [0.15, 0.2) is 0 Å². The monoisotopic (exact) mass is 307 g/mol. The Balaban J connectivity index is 1.47. The van der Waals surface area contributed by atoms with Gasteiger partial charge in [-0.1, -0.05) is 11.8 Å². The third-order valence-electron chi connectivity index (χ3n) is 3.44. The molecule has 0 spiro atoms. The number of hydrogen-bond donors (Lipinski definition) is 2. The van der Waals surface area contributed by atoms with Crippen LogP contribution in [-0.4, -0.2) is 53.7 Å². The molecule has 1 aliphatic carbocycles. The lowest BCUT2D eigenvalue weighted by Gasteiger charge is -2.30. The molecule has 0 radical (unpaired) electrons. The van der Waals surface area contributed by atoms with Crippen LogP contribution in [0.5, 0.6) is 0 Å². The first-order valence-electron chi connectivity index (χ1n) is 6.81. The molecule has 2 aromatic heterocycles. The Bertz CT molecular complexity index is 599. The SMILES string of the molecule is Cn1nnnc1SCCNc1cc(C2CC(O)C2)ncn1. The first-order valence-corrected chi connectivity index (χ1v) is 7.80. The second-order valence-corrected chi connectivity index (χ2v) is 6.07. The molecule has 0 amide bonds.